The highest BCUT2D eigenvalue weighted by Gasteiger charge is 2.42. The molecule has 1 aliphatic carbocycles. The molecule has 3 rings (SSSR count). The summed E-state index contributed by atoms with van der Waals surface area (Å²) < 4.78 is 0. The molecule has 1 unspecified atom stereocenters. The first-order chi connectivity index (χ1) is 8.86. The number of rotatable bonds is 3. The number of nitrogens with zero attached hydrogens (tertiary/aromatic N) is 2. The van der Waals surface area contributed by atoms with E-state index < -0.39 is 5.60 Å². The highest BCUT2D eigenvalue weighted by atomic mass is 32.1. The molecule has 2 fully saturated rings. The summed E-state index contributed by atoms with van der Waals surface area (Å²) in [5.41, 5.74) is 0.705. The van der Waals surface area contributed by atoms with Gasteiger partial charge in [-0.15, -0.1) is 11.3 Å². The lowest BCUT2D eigenvalue weighted by molar-refractivity contribution is 0.0486. The number of hydrogen-bond acceptors (Lipinski definition) is 4. The van der Waals surface area contributed by atoms with E-state index in [1.54, 1.807) is 11.3 Å². The number of aliphatic hydroxyl groups is 1. The third-order valence-electron chi connectivity index (χ3n) is 4.23. The number of thiazole rings is 1. The van der Waals surface area contributed by atoms with Crippen LogP contribution in [0.2, 0.25) is 0 Å². The fraction of sp³-hybridized carbons (Fsp3) is 0.800. The third-order valence-corrected chi connectivity index (χ3v) is 5.07. The summed E-state index contributed by atoms with van der Waals surface area (Å²) in [6, 6.07) is 0.760. The molecule has 1 saturated carbocycles. The van der Waals surface area contributed by atoms with Crippen LogP contribution in [0.1, 0.15) is 50.7 Å². The number of aromatic nitrogens is 1. The van der Waals surface area contributed by atoms with Crippen LogP contribution in [0.4, 0.5) is 0 Å². The molecule has 1 aliphatic heterocycles. The van der Waals surface area contributed by atoms with Crippen molar-refractivity contribution in [2.45, 2.75) is 63.5 Å². The number of likely N-dealkylation sites (tertiary alicyclic amines) is 1. The molecule has 3 nitrogen and oxygen atoms in total. The van der Waals surface area contributed by atoms with Gasteiger partial charge in [0.25, 0.3) is 0 Å². The van der Waals surface area contributed by atoms with E-state index in [0.717, 1.165) is 42.7 Å². The Morgan fingerprint density at radius 3 is 2.79 bits per heavy atom. The Balaban J connectivity index is 1.66. The maximum Gasteiger partial charge on any atom is 0.0957 e. The van der Waals surface area contributed by atoms with Crippen molar-refractivity contribution in [2.75, 3.05) is 13.1 Å². The van der Waals surface area contributed by atoms with Crippen LogP contribution >= 0.6 is 11.3 Å². The third kappa shape index (κ3) is 3.01. The molecule has 4 heteroatoms. The Morgan fingerprint density at radius 1 is 1.47 bits per heavy atom. The summed E-state index contributed by atoms with van der Waals surface area (Å²) in [7, 11) is 0. The second-order valence-electron chi connectivity index (χ2n) is 7.23. The highest BCUT2D eigenvalue weighted by Crippen LogP contribution is 2.35. The molecule has 2 heterocycles. The maximum atomic E-state index is 10.7. The van der Waals surface area contributed by atoms with Gasteiger partial charge < -0.3 is 5.11 Å². The van der Waals surface area contributed by atoms with E-state index in [4.69, 9.17) is 4.98 Å². The standard InChI is InChI=1S/C15H24N2OS/c1-14(2,3)12-9-19-13(16-12)8-15(18)6-7-17(10-15)11-4-5-11/h9,11,18H,4-8,10H2,1-3H3. The van der Waals surface area contributed by atoms with E-state index in [9.17, 15) is 5.11 Å². The molecule has 0 aromatic carbocycles. The lowest BCUT2D eigenvalue weighted by atomic mass is 9.93. The van der Waals surface area contributed by atoms with Crippen LogP contribution in [-0.2, 0) is 11.8 Å². The van der Waals surface area contributed by atoms with Gasteiger partial charge in [-0.1, -0.05) is 20.8 Å². The van der Waals surface area contributed by atoms with Crippen molar-refractivity contribution in [3.63, 3.8) is 0 Å². The van der Waals surface area contributed by atoms with Crippen molar-refractivity contribution in [1.29, 1.82) is 0 Å². The van der Waals surface area contributed by atoms with Crippen molar-refractivity contribution >= 4 is 11.3 Å². The van der Waals surface area contributed by atoms with E-state index in [0.29, 0.717) is 0 Å². The van der Waals surface area contributed by atoms with Crippen molar-refractivity contribution in [1.82, 2.24) is 9.88 Å². The first-order valence-corrected chi connectivity index (χ1v) is 8.15. The van der Waals surface area contributed by atoms with Crippen LogP contribution in [0, 0.1) is 0 Å². The number of hydrogen-bond donors (Lipinski definition) is 1. The summed E-state index contributed by atoms with van der Waals surface area (Å²) in [6.45, 7) is 8.45. The summed E-state index contributed by atoms with van der Waals surface area (Å²) in [6.07, 6.45) is 4.26. The van der Waals surface area contributed by atoms with Crippen molar-refractivity contribution in [3.8, 4) is 0 Å². The van der Waals surface area contributed by atoms with E-state index in [1.165, 1.54) is 12.8 Å². The zero-order valence-corrected chi connectivity index (χ0v) is 13.0. The molecule has 0 bridgehead atoms. The molecule has 1 aromatic rings. The van der Waals surface area contributed by atoms with E-state index in [1.807, 2.05) is 0 Å². The minimum absolute atomic E-state index is 0.104. The molecule has 1 aromatic heterocycles. The first kappa shape index (κ1) is 13.5. The minimum Gasteiger partial charge on any atom is -0.388 e. The SMILES string of the molecule is CC(C)(C)c1csc(CC2(O)CCN(C3CC3)C2)n1. The second kappa shape index (κ2) is 4.54. The summed E-state index contributed by atoms with van der Waals surface area (Å²) in [5.74, 6) is 0. The fourth-order valence-electron chi connectivity index (χ4n) is 2.80. The van der Waals surface area contributed by atoms with Gasteiger partial charge in [0.1, 0.15) is 0 Å². The predicted molar refractivity (Wildman–Crippen MR) is 78.7 cm³/mol. The largest absolute Gasteiger partial charge is 0.388 e. The fourth-order valence-corrected chi connectivity index (χ4v) is 3.96. The van der Waals surface area contributed by atoms with Gasteiger partial charge in [-0.3, -0.25) is 4.90 Å². The Kier molecular flexibility index (Phi) is 3.23. The Bertz CT molecular complexity index is 461. The molecule has 2 aliphatic rings. The highest BCUT2D eigenvalue weighted by molar-refractivity contribution is 7.09. The maximum absolute atomic E-state index is 10.7. The molecule has 1 atom stereocenters. The monoisotopic (exact) mass is 280 g/mol. The van der Waals surface area contributed by atoms with Crippen LogP contribution in [0.3, 0.4) is 0 Å². The average Bonchev–Trinajstić information content (AvgIpc) is 2.92. The second-order valence-corrected chi connectivity index (χ2v) is 8.17. The average molecular weight is 280 g/mol. The zero-order chi connectivity index (χ0) is 13.7. The van der Waals surface area contributed by atoms with Gasteiger partial charge in [0.15, 0.2) is 0 Å². The number of β-amino-alcohol motifs (C(OH)–C–C–N with tert-alkyl or cyclic N) is 1. The summed E-state index contributed by atoms with van der Waals surface area (Å²) in [5, 5.41) is 14.0. The molecule has 0 radical (unpaired) electrons. The van der Waals surface area contributed by atoms with Gasteiger partial charge in [0, 0.05) is 36.3 Å². The lowest BCUT2D eigenvalue weighted by Gasteiger charge is -2.22. The summed E-state index contributed by atoms with van der Waals surface area (Å²) >= 11 is 1.70. The van der Waals surface area contributed by atoms with Crippen molar-refractivity contribution in [3.05, 3.63) is 16.1 Å². The van der Waals surface area contributed by atoms with Gasteiger partial charge in [0.2, 0.25) is 0 Å². The van der Waals surface area contributed by atoms with Crippen LogP contribution in [0.5, 0.6) is 0 Å². The smallest absolute Gasteiger partial charge is 0.0957 e. The van der Waals surface area contributed by atoms with E-state index in [2.05, 4.69) is 31.1 Å². The first-order valence-electron chi connectivity index (χ1n) is 7.27. The van der Waals surface area contributed by atoms with Gasteiger partial charge in [-0.25, -0.2) is 4.98 Å². The molecule has 1 saturated heterocycles. The molecule has 0 amide bonds. The van der Waals surface area contributed by atoms with Crippen LogP contribution < -0.4 is 0 Å². The minimum atomic E-state index is -0.546. The molecule has 106 valence electrons. The van der Waals surface area contributed by atoms with Crippen LogP contribution in [-0.4, -0.2) is 39.7 Å². The van der Waals surface area contributed by atoms with E-state index in [-0.39, 0.29) is 5.41 Å². The van der Waals surface area contributed by atoms with Gasteiger partial charge in [-0.05, 0) is 19.3 Å². The molecular weight excluding hydrogens is 256 g/mol. The van der Waals surface area contributed by atoms with Crippen molar-refractivity contribution in [2.24, 2.45) is 0 Å². The van der Waals surface area contributed by atoms with Crippen LogP contribution in [0.15, 0.2) is 5.38 Å². The van der Waals surface area contributed by atoms with Crippen molar-refractivity contribution < 1.29 is 5.11 Å². The predicted octanol–water partition coefficient (Wildman–Crippen LogP) is 2.58. The summed E-state index contributed by atoms with van der Waals surface area (Å²) in [4.78, 5) is 7.17. The normalized spacial score (nSPS) is 29.1. The molecule has 1 N–H and O–H groups in total. The molecule has 0 spiro atoms. The van der Waals surface area contributed by atoms with Crippen LogP contribution in [0.25, 0.3) is 0 Å². The van der Waals surface area contributed by atoms with Gasteiger partial charge in [0.05, 0.1) is 16.3 Å². The van der Waals surface area contributed by atoms with E-state index >= 15 is 0 Å². The van der Waals surface area contributed by atoms with Gasteiger partial charge in [-0.2, -0.15) is 0 Å². The Hall–Kier alpha value is -0.450. The Morgan fingerprint density at radius 2 is 2.21 bits per heavy atom. The molecule has 19 heavy (non-hydrogen) atoms. The molecular formula is C15H24N2OS. The quantitative estimate of drug-likeness (QED) is 0.924. The Labute approximate surface area is 119 Å². The van der Waals surface area contributed by atoms with Gasteiger partial charge >= 0.3 is 0 Å². The lowest BCUT2D eigenvalue weighted by Crippen LogP contribution is -2.36. The zero-order valence-electron chi connectivity index (χ0n) is 12.1. The topological polar surface area (TPSA) is 36.4 Å².